The largest absolute Gasteiger partial charge is 0.744 e. The summed E-state index contributed by atoms with van der Waals surface area (Å²) in [5.41, 5.74) is 1.45. The fraction of sp³-hybridized carbons (Fsp3) is 0.400. The second-order valence-corrected chi connectivity index (χ2v) is 9.60. The molecule has 5 nitrogen and oxygen atoms in total. The van der Waals surface area contributed by atoms with Crippen molar-refractivity contribution in [1.29, 1.82) is 0 Å². The monoisotopic (exact) mass is 453 g/mol. The molecule has 0 spiro atoms. The van der Waals surface area contributed by atoms with Gasteiger partial charge in [-0.1, -0.05) is 45.8 Å². The van der Waals surface area contributed by atoms with Crippen LogP contribution in [0.3, 0.4) is 0 Å². The first kappa shape index (κ1) is 20.5. The summed E-state index contributed by atoms with van der Waals surface area (Å²) in [6.45, 7) is 4.18. The lowest BCUT2D eigenvalue weighted by molar-refractivity contribution is -0.903. The van der Waals surface area contributed by atoms with E-state index in [2.05, 4.69) is 28.1 Å². The van der Waals surface area contributed by atoms with Crippen LogP contribution in [0.15, 0.2) is 57.9 Å². The molecule has 2 aromatic carbocycles. The van der Waals surface area contributed by atoms with Crippen molar-refractivity contribution < 1.29 is 23.0 Å². The van der Waals surface area contributed by atoms with Gasteiger partial charge in [0.2, 0.25) is 0 Å². The number of halogens is 1. The number of hydrogen-bond donors (Lipinski definition) is 2. The van der Waals surface area contributed by atoms with Crippen molar-refractivity contribution in [2.45, 2.75) is 42.7 Å². The Morgan fingerprint density at radius 1 is 1.11 bits per heavy atom. The van der Waals surface area contributed by atoms with Gasteiger partial charge in [-0.15, -0.1) is 0 Å². The Morgan fingerprint density at radius 3 is 2.33 bits per heavy atom. The fourth-order valence-corrected chi connectivity index (χ4v) is 4.84. The maximum atomic E-state index is 10.9. The minimum absolute atomic E-state index is 0.178. The van der Waals surface area contributed by atoms with Crippen molar-refractivity contribution in [3.63, 3.8) is 0 Å². The number of fused-ring (bicyclic) bond motifs is 1. The number of aliphatic hydroxyl groups is 1. The number of benzene rings is 2. The molecule has 0 amide bonds. The van der Waals surface area contributed by atoms with Crippen molar-refractivity contribution in [3.8, 4) is 0 Å². The van der Waals surface area contributed by atoms with Gasteiger partial charge in [-0.25, -0.2) is 8.42 Å². The van der Waals surface area contributed by atoms with Crippen LogP contribution in [0.25, 0.3) is 0 Å². The molecule has 2 aliphatic rings. The number of rotatable bonds is 2. The minimum atomic E-state index is -4.27. The Balaban J connectivity index is 0.000000168. The highest BCUT2D eigenvalue weighted by molar-refractivity contribution is 9.10. The Morgan fingerprint density at radius 2 is 1.74 bits per heavy atom. The normalized spacial score (nSPS) is 27.0. The highest BCUT2D eigenvalue weighted by Gasteiger charge is 2.52. The summed E-state index contributed by atoms with van der Waals surface area (Å²) in [6, 6.07) is 14.4. The van der Waals surface area contributed by atoms with Crippen molar-refractivity contribution in [1.82, 2.24) is 0 Å². The molecule has 2 fully saturated rings. The maximum Gasteiger partial charge on any atom is 0.146 e. The Hall–Kier alpha value is -1.25. The van der Waals surface area contributed by atoms with Gasteiger partial charge in [-0.3, -0.25) is 0 Å². The molecule has 3 atom stereocenters. The lowest BCUT2D eigenvalue weighted by atomic mass is 9.85. The van der Waals surface area contributed by atoms with Crippen molar-refractivity contribution in [2.75, 3.05) is 13.1 Å². The molecule has 146 valence electrons. The topological polar surface area (TPSA) is 81.9 Å². The summed E-state index contributed by atoms with van der Waals surface area (Å²) in [6.07, 6.45) is 3.34. The summed E-state index contributed by atoms with van der Waals surface area (Å²) >= 11 is 3.44. The second-order valence-electron chi connectivity index (χ2n) is 7.30. The summed E-state index contributed by atoms with van der Waals surface area (Å²) in [5.74, 6) is 0. The third-order valence-corrected chi connectivity index (χ3v) is 6.92. The molecule has 2 saturated heterocycles. The van der Waals surface area contributed by atoms with Crippen molar-refractivity contribution in [3.05, 3.63) is 64.1 Å². The summed E-state index contributed by atoms with van der Waals surface area (Å²) in [7, 11) is -4.27. The molecular formula is C20H24BrNO4S. The van der Waals surface area contributed by atoms with Gasteiger partial charge in [-0.2, -0.15) is 0 Å². The highest BCUT2D eigenvalue weighted by Crippen LogP contribution is 2.34. The summed E-state index contributed by atoms with van der Waals surface area (Å²) in [4.78, 5) is 1.42. The molecule has 2 aliphatic heterocycles. The van der Waals surface area contributed by atoms with Crippen LogP contribution in [0.4, 0.5) is 0 Å². The Bertz CT molecular complexity index is 883. The van der Waals surface area contributed by atoms with E-state index >= 15 is 0 Å². The smallest absolute Gasteiger partial charge is 0.146 e. The predicted octanol–water partition coefficient (Wildman–Crippen LogP) is 1.99. The molecule has 0 saturated carbocycles. The molecule has 7 heteroatoms. The molecular weight excluding hydrogens is 430 g/mol. The van der Waals surface area contributed by atoms with E-state index in [0.29, 0.717) is 6.04 Å². The zero-order valence-corrected chi connectivity index (χ0v) is 17.6. The van der Waals surface area contributed by atoms with E-state index in [1.165, 1.54) is 31.5 Å². The van der Waals surface area contributed by atoms with Gasteiger partial charge >= 0.3 is 0 Å². The van der Waals surface area contributed by atoms with Gasteiger partial charge < -0.3 is 14.6 Å². The van der Waals surface area contributed by atoms with Crippen LogP contribution in [0, 0.1) is 6.92 Å². The summed E-state index contributed by atoms with van der Waals surface area (Å²) < 4.78 is 32.2. The zero-order valence-electron chi connectivity index (χ0n) is 15.2. The molecule has 0 aromatic heterocycles. The van der Waals surface area contributed by atoms with Gasteiger partial charge in [0.15, 0.2) is 0 Å². The lowest BCUT2D eigenvalue weighted by Gasteiger charge is -2.27. The molecule has 2 heterocycles. The number of hydrogen-bond acceptors (Lipinski definition) is 4. The van der Waals surface area contributed by atoms with Gasteiger partial charge in [-0.05, 0) is 36.8 Å². The standard InChI is InChI=1S/C13H16BrNO.C7H8O3S/c14-11-5-3-10(4-6-11)13(16)7-9-15-8-1-2-12(13)15;1-6-2-4-7(5-3-6)11(8,9)10/h3-6,12,16H,1-2,7-9H2;2-5H,1H3,(H,8,9,10)/t12?,13-;/m0./s1. The van der Waals surface area contributed by atoms with Crippen LogP contribution in [0.2, 0.25) is 0 Å². The van der Waals surface area contributed by atoms with E-state index in [0.717, 1.165) is 28.6 Å². The maximum absolute atomic E-state index is 10.9. The van der Waals surface area contributed by atoms with Crippen LogP contribution < -0.4 is 4.90 Å². The molecule has 2 aromatic rings. The van der Waals surface area contributed by atoms with Gasteiger partial charge in [0, 0.05) is 23.7 Å². The van der Waals surface area contributed by atoms with Crippen LogP contribution in [0.5, 0.6) is 0 Å². The number of quaternary nitrogens is 1. The molecule has 0 bridgehead atoms. The van der Waals surface area contributed by atoms with Crippen LogP contribution in [-0.2, 0) is 15.7 Å². The average molecular weight is 454 g/mol. The number of aryl methyl sites for hydroxylation is 1. The van der Waals surface area contributed by atoms with Crippen LogP contribution in [-0.4, -0.2) is 37.2 Å². The van der Waals surface area contributed by atoms with E-state index in [9.17, 15) is 18.1 Å². The van der Waals surface area contributed by atoms with E-state index in [1.54, 1.807) is 17.0 Å². The van der Waals surface area contributed by atoms with Crippen molar-refractivity contribution in [2.24, 2.45) is 0 Å². The van der Waals surface area contributed by atoms with E-state index < -0.39 is 15.7 Å². The zero-order chi connectivity index (χ0) is 19.7. The predicted molar refractivity (Wildman–Crippen MR) is 106 cm³/mol. The van der Waals surface area contributed by atoms with E-state index in [1.807, 2.05) is 19.1 Å². The van der Waals surface area contributed by atoms with Crippen LogP contribution >= 0.6 is 15.9 Å². The highest BCUT2D eigenvalue weighted by atomic mass is 79.9. The quantitative estimate of drug-likeness (QED) is 0.681. The molecule has 0 aliphatic carbocycles. The first-order valence-electron chi connectivity index (χ1n) is 9.06. The van der Waals surface area contributed by atoms with E-state index in [-0.39, 0.29) is 4.90 Å². The first-order chi connectivity index (χ1) is 12.7. The lowest BCUT2D eigenvalue weighted by Crippen LogP contribution is -3.12. The second kappa shape index (κ2) is 8.01. The molecule has 27 heavy (non-hydrogen) atoms. The third-order valence-electron chi connectivity index (χ3n) is 5.54. The Kier molecular flexibility index (Phi) is 6.08. The van der Waals surface area contributed by atoms with Crippen molar-refractivity contribution >= 4 is 26.0 Å². The SMILES string of the molecule is Cc1ccc(S(=O)(=O)[O-])cc1.O[C@]1(c2ccc(Br)cc2)CC[NH+]2CCCC21. The minimum Gasteiger partial charge on any atom is -0.744 e. The molecule has 4 rings (SSSR count). The average Bonchev–Trinajstić information content (AvgIpc) is 3.21. The molecule has 2 N–H and O–H groups in total. The first-order valence-corrected chi connectivity index (χ1v) is 11.3. The van der Waals surface area contributed by atoms with Crippen LogP contribution in [0.1, 0.15) is 30.4 Å². The third kappa shape index (κ3) is 4.60. The number of nitrogens with one attached hydrogen (secondary N) is 1. The van der Waals surface area contributed by atoms with Gasteiger partial charge in [0.25, 0.3) is 0 Å². The fourth-order valence-electron chi connectivity index (χ4n) is 4.10. The molecule has 0 radical (unpaired) electrons. The summed E-state index contributed by atoms with van der Waals surface area (Å²) in [5, 5.41) is 10.9. The van der Waals surface area contributed by atoms with Gasteiger partial charge in [0.1, 0.15) is 21.8 Å². The Labute approximate surface area is 168 Å². The van der Waals surface area contributed by atoms with Gasteiger partial charge in [0.05, 0.1) is 18.0 Å². The molecule has 2 unspecified atom stereocenters. The van der Waals surface area contributed by atoms with E-state index in [4.69, 9.17) is 0 Å².